The number of esters is 2. The molecular weight excluding hydrogens is 747 g/mol. The lowest BCUT2D eigenvalue weighted by Gasteiger charge is -2.28. The van der Waals surface area contributed by atoms with E-state index in [0.717, 1.165) is 15.2 Å². The van der Waals surface area contributed by atoms with Crippen molar-refractivity contribution in [2.45, 2.75) is 71.6 Å². The summed E-state index contributed by atoms with van der Waals surface area (Å²) in [6.45, 7) is 14.2. The Labute approximate surface area is 302 Å². The molecule has 0 aliphatic rings. The number of ether oxygens (including phenoxy) is 3. The predicted molar refractivity (Wildman–Crippen MR) is 198 cm³/mol. The summed E-state index contributed by atoms with van der Waals surface area (Å²) in [5.41, 5.74) is 0.512. The van der Waals surface area contributed by atoms with Crippen molar-refractivity contribution >= 4 is 61.5 Å². The van der Waals surface area contributed by atoms with Crippen molar-refractivity contribution in [1.82, 2.24) is 10.6 Å². The lowest BCUT2D eigenvalue weighted by molar-refractivity contribution is -0.177. The molecule has 48 heavy (non-hydrogen) atoms. The smallest absolute Gasteiger partial charge is 0.347 e. The van der Waals surface area contributed by atoms with Crippen LogP contribution in [0.15, 0.2) is 79.9 Å². The van der Waals surface area contributed by atoms with Gasteiger partial charge in [0.2, 0.25) is 11.8 Å². The van der Waals surface area contributed by atoms with E-state index in [1.54, 1.807) is 38.1 Å². The zero-order valence-corrected chi connectivity index (χ0v) is 31.1. The van der Waals surface area contributed by atoms with Gasteiger partial charge in [0.1, 0.15) is 17.9 Å². The molecule has 3 atom stereocenters. The van der Waals surface area contributed by atoms with Gasteiger partial charge in [0, 0.05) is 29.4 Å². The number of carbonyl (C=O) groups is 4. The fourth-order valence-corrected chi connectivity index (χ4v) is 5.39. The molecule has 0 spiro atoms. The van der Waals surface area contributed by atoms with E-state index in [9.17, 15) is 19.2 Å². The standard InChI is InChI=1S/C37H46ClIN2O7/c1-8-13-27(17-18-29(39)26-14-11-10-12-15-26)47-35(44)32(20-24(3)4)48-36(45)37(5,6)23-40-34(43)30(41-33(42)9-2)22-25-16-19-31(46-7)28(38)21-25/h8-12,14-16,18-19,21,24,27,30,32H,1-2,13,17,20,22-23H2,3-7H3,(H,40,43)(H,41,42)/b29-18-/t27-,30+,32-/m0/s1. The third-order valence-electron chi connectivity index (χ3n) is 7.25. The first-order valence-corrected chi connectivity index (χ1v) is 17.1. The maximum absolute atomic E-state index is 13.4. The number of amides is 2. The maximum atomic E-state index is 13.4. The van der Waals surface area contributed by atoms with Crippen LogP contribution in [0.25, 0.3) is 3.58 Å². The maximum Gasteiger partial charge on any atom is 0.347 e. The quantitative estimate of drug-likeness (QED) is 0.0680. The second kappa shape index (κ2) is 20.0. The lowest BCUT2D eigenvalue weighted by atomic mass is 9.93. The molecule has 11 heteroatoms. The van der Waals surface area contributed by atoms with Gasteiger partial charge in [0.15, 0.2) is 6.10 Å². The van der Waals surface area contributed by atoms with Gasteiger partial charge >= 0.3 is 11.9 Å². The van der Waals surface area contributed by atoms with E-state index in [2.05, 4.69) is 46.4 Å². The van der Waals surface area contributed by atoms with Crippen LogP contribution < -0.4 is 15.4 Å². The van der Waals surface area contributed by atoms with Gasteiger partial charge in [0.05, 0.1) is 17.5 Å². The largest absolute Gasteiger partial charge is 0.495 e. The van der Waals surface area contributed by atoms with Gasteiger partial charge < -0.3 is 24.8 Å². The van der Waals surface area contributed by atoms with E-state index >= 15 is 0 Å². The number of methoxy groups -OCH3 is 1. The van der Waals surface area contributed by atoms with Crippen molar-refractivity contribution < 1.29 is 33.4 Å². The average molecular weight is 793 g/mol. The summed E-state index contributed by atoms with van der Waals surface area (Å²) in [5, 5.41) is 5.72. The van der Waals surface area contributed by atoms with Crippen LogP contribution in [-0.2, 0) is 35.1 Å². The predicted octanol–water partition coefficient (Wildman–Crippen LogP) is 7.02. The van der Waals surface area contributed by atoms with Crippen LogP contribution in [0.2, 0.25) is 5.02 Å². The Morgan fingerprint density at radius 3 is 2.29 bits per heavy atom. The number of hydrogen-bond donors (Lipinski definition) is 2. The molecule has 260 valence electrons. The van der Waals surface area contributed by atoms with Gasteiger partial charge in [-0.15, -0.1) is 6.58 Å². The van der Waals surface area contributed by atoms with Crippen LogP contribution in [0.5, 0.6) is 5.75 Å². The minimum atomic E-state index is -1.23. The molecule has 0 aromatic heterocycles. The summed E-state index contributed by atoms with van der Waals surface area (Å²) in [6, 6.07) is 13.9. The zero-order valence-electron chi connectivity index (χ0n) is 28.2. The van der Waals surface area contributed by atoms with Crippen molar-refractivity contribution in [3.05, 3.63) is 96.1 Å². The SMILES string of the molecule is C=CC[C@@H](C/C=C(\I)c1ccccc1)OC(=O)[C@H](CC(C)C)OC(=O)C(C)(C)CNC(=O)[C@@H](Cc1ccc(OC)c(Cl)c1)NC(=O)C=C. The third-order valence-corrected chi connectivity index (χ3v) is 8.61. The van der Waals surface area contributed by atoms with Crippen LogP contribution in [0.3, 0.4) is 0 Å². The third kappa shape index (κ3) is 13.5. The molecular formula is C37H46ClIN2O7. The van der Waals surface area contributed by atoms with Crippen molar-refractivity contribution in [3.63, 3.8) is 0 Å². The molecule has 0 aliphatic heterocycles. The van der Waals surface area contributed by atoms with Gasteiger partial charge in [-0.3, -0.25) is 14.4 Å². The Hall–Kier alpha value is -3.64. The molecule has 0 unspecified atom stereocenters. The van der Waals surface area contributed by atoms with Crippen LogP contribution in [0.1, 0.15) is 58.1 Å². The van der Waals surface area contributed by atoms with E-state index < -0.39 is 47.4 Å². The van der Waals surface area contributed by atoms with Crippen molar-refractivity contribution in [2.75, 3.05) is 13.7 Å². The summed E-state index contributed by atoms with van der Waals surface area (Å²) >= 11 is 8.50. The highest BCUT2D eigenvalue weighted by molar-refractivity contribution is 14.1. The monoisotopic (exact) mass is 792 g/mol. The highest BCUT2D eigenvalue weighted by Crippen LogP contribution is 2.27. The minimum absolute atomic E-state index is 0.0237. The first-order chi connectivity index (χ1) is 22.7. The number of rotatable bonds is 19. The molecule has 2 rings (SSSR count). The van der Waals surface area contributed by atoms with Crippen molar-refractivity contribution in [1.29, 1.82) is 0 Å². The van der Waals surface area contributed by atoms with E-state index in [4.69, 9.17) is 25.8 Å². The Balaban J connectivity index is 2.11. The Morgan fingerprint density at radius 1 is 1.02 bits per heavy atom. The molecule has 9 nitrogen and oxygen atoms in total. The van der Waals surface area contributed by atoms with Gasteiger partial charge in [0.25, 0.3) is 0 Å². The summed E-state index contributed by atoms with van der Waals surface area (Å²) in [5.74, 6) is -1.89. The average Bonchev–Trinajstić information content (AvgIpc) is 3.05. The summed E-state index contributed by atoms with van der Waals surface area (Å²) in [4.78, 5) is 52.2. The van der Waals surface area contributed by atoms with Gasteiger partial charge in [-0.1, -0.05) is 80.6 Å². The molecule has 0 radical (unpaired) electrons. The van der Waals surface area contributed by atoms with Crippen LogP contribution in [-0.4, -0.2) is 55.7 Å². The highest BCUT2D eigenvalue weighted by atomic mass is 127. The van der Waals surface area contributed by atoms with E-state index in [1.165, 1.54) is 7.11 Å². The Morgan fingerprint density at radius 2 is 1.71 bits per heavy atom. The Bertz CT molecular complexity index is 1460. The van der Waals surface area contributed by atoms with Crippen LogP contribution in [0.4, 0.5) is 0 Å². The minimum Gasteiger partial charge on any atom is -0.495 e. The second-order valence-electron chi connectivity index (χ2n) is 12.3. The molecule has 0 aliphatic carbocycles. The lowest BCUT2D eigenvalue weighted by Crippen LogP contribution is -2.51. The second-order valence-corrected chi connectivity index (χ2v) is 13.9. The molecule has 0 saturated carbocycles. The zero-order chi connectivity index (χ0) is 35.9. The van der Waals surface area contributed by atoms with Gasteiger partial charge in [-0.2, -0.15) is 0 Å². The van der Waals surface area contributed by atoms with Crippen molar-refractivity contribution in [3.8, 4) is 5.75 Å². The summed E-state index contributed by atoms with van der Waals surface area (Å²) in [7, 11) is 1.49. The number of hydrogen-bond acceptors (Lipinski definition) is 7. The molecule has 2 amide bonds. The molecule has 0 bridgehead atoms. The van der Waals surface area contributed by atoms with Crippen LogP contribution >= 0.6 is 34.2 Å². The molecule has 2 N–H and O–H groups in total. The van der Waals surface area contributed by atoms with E-state index in [0.29, 0.717) is 29.2 Å². The molecule has 0 saturated heterocycles. The number of halogens is 2. The van der Waals surface area contributed by atoms with Gasteiger partial charge in [-0.25, -0.2) is 4.79 Å². The number of carbonyl (C=O) groups excluding carboxylic acids is 4. The number of benzene rings is 2. The van der Waals surface area contributed by atoms with E-state index in [1.807, 2.05) is 50.3 Å². The molecule has 0 fully saturated rings. The molecule has 2 aromatic rings. The fourth-order valence-electron chi connectivity index (χ4n) is 4.49. The van der Waals surface area contributed by atoms with E-state index in [-0.39, 0.29) is 25.3 Å². The Kier molecular flexibility index (Phi) is 16.9. The van der Waals surface area contributed by atoms with Gasteiger partial charge in [-0.05, 0) is 78.1 Å². The topological polar surface area (TPSA) is 120 Å². The van der Waals surface area contributed by atoms with Crippen LogP contribution in [0, 0.1) is 11.3 Å². The normalized spacial score (nSPS) is 13.5. The first-order valence-electron chi connectivity index (χ1n) is 15.7. The summed E-state index contributed by atoms with van der Waals surface area (Å²) in [6.07, 6.45) is 4.37. The first kappa shape index (κ1) is 40.5. The molecule has 0 heterocycles. The number of nitrogens with one attached hydrogen (secondary N) is 2. The molecule has 2 aromatic carbocycles. The van der Waals surface area contributed by atoms with Crippen molar-refractivity contribution in [2.24, 2.45) is 11.3 Å². The fraction of sp³-hybridized carbons (Fsp3) is 0.405. The highest BCUT2D eigenvalue weighted by Gasteiger charge is 2.36. The summed E-state index contributed by atoms with van der Waals surface area (Å²) < 4.78 is 17.8.